The first-order chi connectivity index (χ1) is 16.9. The molecule has 1 aliphatic heterocycles. The van der Waals surface area contributed by atoms with E-state index in [9.17, 15) is 14.7 Å². The van der Waals surface area contributed by atoms with Crippen molar-refractivity contribution in [2.24, 2.45) is 11.8 Å². The van der Waals surface area contributed by atoms with Gasteiger partial charge in [0.1, 0.15) is 0 Å². The summed E-state index contributed by atoms with van der Waals surface area (Å²) in [4.78, 5) is 27.9. The van der Waals surface area contributed by atoms with Crippen LogP contribution in [0.4, 0.5) is 0 Å². The Morgan fingerprint density at radius 2 is 1.17 bits per heavy atom. The van der Waals surface area contributed by atoms with Crippen LogP contribution in [-0.2, 0) is 24.7 Å². The third-order valence-corrected chi connectivity index (χ3v) is 6.38. The quantitative estimate of drug-likeness (QED) is 0.475. The maximum Gasteiger partial charge on any atom is 0.334 e. The summed E-state index contributed by atoms with van der Waals surface area (Å²) in [5.41, 5.74) is 1.01. The number of esters is 2. The van der Waals surface area contributed by atoms with E-state index in [0.717, 1.165) is 36.4 Å². The highest BCUT2D eigenvalue weighted by Gasteiger charge is 2.59. The van der Waals surface area contributed by atoms with Crippen molar-refractivity contribution in [3.8, 4) is 0 Å². The lowest BCUT2D eigenvalue weighted by atomic mass is 9.77. The zero-order chi connectivity index (χ0) is 26.5. The monoisotopic (exact) mass is 493 g/mol. The number of nitrogens with zero attached hydrogens (tertiary/aromatic N) is 1. The first kappa shape index (κ1) is 27.6. The maximum atomic E-state index is 12.8. The van der Waals surface area contributed by atoms with E-state index < -0.39 is 23.3 Å². The van der Waals surface area contributed by atoms with E-state index in [0.29, 0.717) is 29.5 Å². The van der Waals surface area contributed by atoms with Crippen molar-refractivity contribution in [3.05, 3.63) is 82.9 Å². The van der Waals surface area contributed by atoms with Gasteiger partial charge in [0.2, 0.25) is 0 Å². The Morgan fingerprint density at radius 1 is 0.778 bits per heavy atom. The van der Waals surface area contributed by atoms with E-state index in [1.165, 1.54) is 0 Å². The number of ether oxygens (including phenoxy) is 2. The summed E-state index contributed by atoms with van der Waals surface area (Å²) in [5, 5.41) is 12.6. The number of rotatable bonds is 10. The molecule has 1 N–H and O–H groups in total. The van der Waals surface area contributed by atoms with Crippen LogP contribution >= 0.6 is 0 Å². The number of cyclic esters (lactones) is 2. The van der Waals surface area contributed by atoms with Gasteiger partial charge in [0.05, 0.1) is 0 Å². The van der Waals surface area contributed by atoms with Gasteiger partial charge in [-0.25, -0.2) is 9.59 Å². The van der Waals surface area contributed by atoms with Crippen LogP contribution in [0.3, 0.4) is 0 Å². The SMILES string of the molecule is Cc1ccc(C(O)(c2ccc(C)cc2)C2(CCN(CC(C)C)CC(C)C)OC(=O)C=CC(=O)O2)cc1. The molecule has 2 aromatic rings. The molecule has 2 aromatic carbocycles. The Hall–Kier alpha value is -2.96. The topological polar surface area (TPSA) is 76.1 Å². The summed E-state index contributed by atoms with van der Waals surface area (Å²) < 4.78 is 11.8. The number of benzene rings is 2. The molecule has 1 aliphatic rings. The Kier molecular flexibility index (Phi) is 8.75. The molecule has 0 fully saturated rings. The molecule has 194 valence electrons. The summed E-state index contributed by atoms with van der Waals surface area (Å²) in [7, 11) is 0. The van der Waals surface area contributed by atoms with Crippen molar-refractivity contribution >= 4 is 11.9 Å². The standard InChI is InChI=1S/C30H39NO5/c1-21(2)19-31(20-22(3)4)18-17-29(35-27(32)15-16-28(33)36-29)30(34,25-11-7-23(5)8-12-25)26-13-9-24(6)10-14-26/h7-16,21-22,34H,17-20H2,1-6H3. The lowest BCUT2D eigenvalue weighted by molar-refractivity contribution is -0.285. The predicted molar refractivity (Wildman–Crippen MR) is 140 cm³/mol. The van der Waals surface area contributed by atoms with Gasteiger partial charge < -0.3 is 19.5 Å². The van der Waals surface area contributed by atoms with Gasteiger partial charge in [-0.3, -0.25) is 0 Å². The van der Waals surface area contributed by atoms with Crippen molar-refractivity contribution in [1.29, 1.82) is 0 Å². The predicted octanol–water partition coefficient (Wildman–Crippen LogP) is 4.90. The molecule has 36 heavy (non-hydrogen) atoms. The second-order valence-corrected chi connectivity index (χ2v) is 10.7. The highest BCUT2D eigenvalue weighted by atomic mass is 16.7. The molecule has 6 nitrogen and oxygen atoms in total. The largest absolute Gasteiger partial charge is 0.415 e. The maximum absolute atomic E-state index is 12.8. The van der Waals surface area contributed by atoms with Gasteiger partial charge in [-0.15, -0.1) is 0 Å². The molecule has 0 spiro atoms. The van der Waals surface area contributed by atoms with Crippen molar-refractivity contribution in [2.45, 2.75) is 59.4 Å². The minimum Gasteiger partial charge on any atom is -0.415 e. The molecule has 0 radical (unpaired) electrons. The van der Waals surface area contributed by atoms with Crippen molar-refractivity contribution in [1.82, 2.24) is 4.90 Å². The van der Waals surface area contributed by atoms with Crippen molar-refractivity contribution in [2.75, 3.05) is 19.6 Å². The molecule has 0 unspecified atom stereocenters. The minimum atomic E-state index is -1.98. The number of hydrogen-bond acceptors (Lipinski definition) is 6. The molecule has 0 atom stereocenters. The lowest BCUT2D eigenvalue weighted by Crippen LogP contribution is -2.58. The number of carbonyl (C=O) groups excluding carboxylic acids is 2. The summed E-state index contributed by atoms with van der Waals surface area (Å²) in [5.74, 6) is -2.64. The van der Waals surface area contributed by atoms with Gasteiger partial charge in [0.25, 0.3) is 5.79 Å². The molecule has 0 amide bonds. The van der Waals surface area contributed by atoms with Gasteiger partial charge in [-0.05, 0) is 36.8 Å². The summed E-state index contributed by atoms with van der Waals surface area (Å²) in [6.07, 6.45) is 2.19. The normalized spacial score (nSPS) is 15.8. The van der Waals surface area contributed by atoms with Gasteiger partial charge in [-0.2, -0.15) is 0 Å². The van der Waals surface area contributed by atoms with Gasteiger partial charge in [0.15, 0.2) is 5.60 Å². The summed E-state index contributed by atoms with van der Waals surface area (Å²) in [6, 6.07) is 14.7. The van der Waals surface area contributed by atoms with Gasteiger partial charge in [-0.1, -0.05) is 87.4 Å². The fourth-order valence-electron chi connectivity index (χ4n) is 4.77. The molecular weight excluding hydrogens is 454 g/mol. The van der Waals surface area contributed by atoms with E-state index in [4.69, 9.17) is 9.47 Å². The molecule has 0 aliphatic carbocycles. The van der Waals surface area contributed by atoms with Crippen LogP contribution in [0.5, 0.6) is 0 Å². The highest BCUT2D eigenvalue weighted by Crippen LogP contribution is 2.46. The number of carbonyl (C=O) groups is 2. The van der Waals surface area contributed by atoms with E-state index in [1.807, 2.05) is 38.1 Å². The first-order valence-electron chi connectivity index (χ1n) is 12.7. The highest BCUT2D eigenvalue weighted by molar-refractivity contribution is 5.93. The van der Waals surface area contributed by atoms with Crippen LogP contribution in [0.15, 0.2) is 60.7 Å². The molecule has 0 aromatic heterocycles. The third-order valence-electron chi connectivity index (χ3n) is 6.38. The first-order valence-corrected chi connectivity index (χ1v) is 12.7. The Balaban J connectivity index is 2.19. The molecule has 0 bridgehead atoms. The molecule has 0 saturated carbocycles. The zero-order valence-electron chi connectivity index (χ0n) is 22.3. The number of aliphatic hydroxyl groups is 1. The average molecular weight is 494 g/mol. The van der Waals surface area contributed by atoms with Gasteiger partial charge >= 0.3 is 11.9 Å². The lowest BCUT2D eigenvalue weighted by Gasteiger charge is -2.45. The molecule has 1 heterocycles. The minimum absolute atomic E-state index is 0.0872. The second kappa shape index (κ2) is 11.4. The van der Waals surface area contributed by atoms with Crippen LogP contribution in [0, 0.1) is 25.7 Å². The molecule has 3 rings (SSSR count). The fourth-order valence-corrected chi connectivity index (χ4v) is 4.77. The molecule has 6 heteroatoms. The zero-order valence-corrected chi connectivity index (χ0v) is 22.3. The number of hydrogen-bond donors (Lipinski definition) is 1. The Bertz CT molecular complexity index is 994. The van der Waals surface area contributed by atoms with Crippen LogP contribution < -0.4 is 0 Å². The average Bonchev–Trinajstić information content (AvgIpc) is 2.95. The van der Waals surface area contributed by atoms with E-state index in [2.05, 4.69) is 32.6 Å². The Labute approximate surface area is 214 Å². The van der Waals surface area contributed by atoms with E-state index in [1.54, 1.807) is 24.3 Å². The van der Waals surface area contributed by atoms with E-state index in [-0.39, 0.29) is 6.42 Å². The fraction of sp³-hybridized carbons (Fsp3) is 0.467. The van der Waals surface area contributed by atoms with Crippen LogP contribution in [-0.4, -0.2) is 47.4 Å². The summed E-state index contributed by atoms with van der Waals surface area (Å²) >= 11 is 0. The molecular formula is C30H39NO5. The van der Waals surface area contributed by atoms with Crippen LogP contribution in [0.1, 0.15) is 56.4 Å². The van der Waals surface area contributed by atoms with Crippen molar-refractivity contribution in [3.63, 3.8) is 0 Å². The summed E-state index contributed by atoms with van der Waals surface area (Å²) in [6.45, 7) is 14.6. The van der Waals surface area contributed by atoms with Crippen LogP contribution in [0.2, 0.25) is 0 Å². The second-order valence-electron chi connectivity index (χ2n) is 10.7. The van der Waals surface area contributed by atoms with Crippen LogP contribution in [0.25, 0.3) is 0 Å². The van der Waals surface area contributed by atoms with Gasteiger partial charge in [0, 0.05) is 38.2 Å². The van der Waals surface area contributed by atoms with Crippen molar-refractivity contribution < 1.29 is 24.2 Å². The smallest absolute Gasteiger partial charge is 0.334 e. The number of aryl methyl sites for hydroxylation is 2. The molecule has 0 saturated heterocycles. The van der Waals surface area contributed by atoms with E-state index >= 15 is 0 Å². The Morgan fingerprint density at radius 3 is 1.53 bits per heavy atom. The third kappa shape index (κ3) is 6.23.